The summed E-state index contributed by atoms with van der Waals surface area (Å²) in [7, 11) is 0. The van der Waals surface area contributed by atoms with Crippen LogP contribution >= 0.6 is 0 Å². The highest BCUT2D eigenvalue weighted by atomic mass is 16.6. The Labute approximate surface area is 76.5 Å². The lowest BCUT2D eigenvalue weighted by Gasteiger charge is -2.20. The number of imidazole rings is 1. The van der Waals surface area contributed by atoms with Gasteiger partial charge in [-0.3, -0.25) is 0 Å². The first-order valence-corrected chi connectivity index (χ1v) is 4.03. The lowest BCUT2D eigenvalue weighted by molar-refractivity contribution is -0.390. The van der Waals surface area contributed by atoms with Gasteiger partial charge in [-0.25, -0.2) is 0 Å². The molecule has 0 unspecified atom stereocenters. The molecule has 0 aromatic carbocycles. The van der Waals surface area contributed by atoms with Crippen LogP contribution in [0.5, 0.6) is 0 Å². The molecular formula is C8H13N3O2. The van der Waals surface area contributed by atoms with Crippen molar-refractivity contribution in [3.63, 3.8) is 0 Å². The average molecular weight is 183 g/mol. The summed E-state index contributed by atoms with van der Waals surface area (Å²) in [4.78, 5) is 13.8. The van der Waals surface area contributed by atoms with Crippen molar-refractivity contribution in [2.24, 2.45) is 0 Å². The third-order valence-corrected chi connectivity index (χ3v) is 1.88. The van der Waals surface area contributed by atoms with Crippen LogP contribution in [0.3, 0.4) is 0 Å². The second kappa shape index (κ2) is 2.83. The van der Waals surface area contributed by atoms with Crippen molar-refractivity contribution in [1.29, 1.82) is 0 Å². The van der Waals surface area contributed by atoms with E-state index in [9.17, 15) is 10.1 Å². The SMILES string of the molecule is Cc1c([N+](=O)[O-])ncn1C(C)(C)C. The molecule has 0 aliphatic heterocycles. The minimum absolute atomic E-state index is 0.0603. The zero-order valence-electron chi connectivity index (χ0n) is 8.24. The van der Waals surface area contributed by atoms with E-state index in [-0.39, 0.29) is 11.4 Å². The van der Waals surface area contributed by atoms with Crippen LogP contribution in [0.25, 0.3) is 0 Å². The van der Waals surface area contributed by atoms with Crippen molar-refractivity contribution >= 4 is 5.82 Å². The normalized spacial score (nSPS) is 11.7. The topological polar surface area (TPSA) is 61.0 Å². The minimum Gasteiger partial charge on any atom is -0.358 e. The summed E-state index contributed by atoms with van der Waals surface area (Å²) in [5.41, 5.74) is 0.434. The first kappa shape index (κ1) is 9.70. The fraction of sp³-hybridized carbons (Fsp3) is 0.625. The van der Waals surface area contributed by atoms with Crippen molar-refractivity contribution < 1.29 is 4.92 Å². The van der Waals surface area contributed by atoms with Gasteiger partial charge in [-0.15, -0.1) is 0 Å². The molecule has 5 nitrogen and oxygen atoms in total. The van der Waals surface area contributed by atoms with E-state index in [1.54, 1.807) is 11.5 Å². The second-order valence-electron chi connectivity index (χ2n) is 3.95. The van der Waals surface area contributed by atoms with E-state index in [0.29, 0.717) is 5.69 Å². The lowest BCUT2D eigenvalue weighted by atomic mass is 10.1. The molecule has 0 atom stereocenters. The summed E-state index contributed by atoms with van der Waals surface area (Å²) in [6.45, 7) is 7.64. The molecule has 1 heterocycles. The average Bonchev–Trinajstić information content (AvgIpc) is 2.28. The maximum atomic E-state index is 10.5. The fourth-order valence-corrected chi connectivity index (χ4v) is 1.26. The second-order valence-corrected chi connectivity index (χ2v) is 3.95. The maximum absolute atomic E-state index is 10.5. The number of hydrogen-bond donors (Lipinski definition) is 0. The van der Waals surface area contributed by atoms with Crippen molar-refractivity contribution in [1.82, 2.24) is 9.55 Å². The van der Waals surface area contributed by atoms with E-state index in [2.05, 4.69) is 4.98 Å². The van der Waals surface area contributed by atoms with E-state index < -0.39 is 4.92 Å². The van der Waals surface area contributed by atoms with E-state index in [1.807, 2.05) is 20.8 Å². The predicted octanol–water partition coefficient (Wildman–Crippen LogP) is 1.85. The van der Waals surface area contributed by atoms with Crippen LogP contribution in [0.2, 0.25) is 0 Å². The van der Waals surface area contributed by atoms with Crippen molar-refractivity contribution in [2.75, 3.05) is 0 Å². The van der Waals surface area contributed by atoms with Crippen LogP contribution in [0.1, 0.15) is 26.5 Å². The number of nitro groups is 1. The molecule has 0 spiro atoms. The number of hydrogen-bond acceptors (Lipinski definition) is 3. The smallest absolute Gasteiger partial charge is 0.358 e. The van der Waals surface area contributed by atoms with Gasteiger partial charge in [0.05, 0.1) is 0 Å². The van der Waals surface area contributed by atoms with Gasteiger partial charge in [-0.05, 0) is 37.6 Å². The minimum atomic E-state index is -0.461. The van der Waals surface area contributed by atoms with Gasteiger partial charge in [0.1, 0.15) is 5.69 Å². The first-order chi connectivity index (χ1) is 5.84. The van der Waals surface area contributed by atoms with Crippen LogP contribution in [0.15, 0.2) is 6.33 Å². The molecule has 0 bridgehead atoms. The van der Waals surface area contributed by atoms with Gasteiger partial charge < -0.3 is 14.7 Å². The van der Waals surface area contributed by atoms with Gasteiger partial charge in [0.15, 0.2) is 0 Å². The molecule has 1 aromatic rings. The van der Waals surface area contributed by atoms with Gasteiger partial charge in [-0.2, -0.15) is 0 Å². The molecule has 0 N–H and O–H groups in total. The maximum Gasteiger partial charge on any atom is 0.384 e. The summed E-state index contributed by atoms with van der Waals surface area (Å²) in [6, 6.07) is 0. The van der Waals surface area contributed by atoms with Gasteiger partial charge in [0.25, 0.3) is 0 Å². The summed E-state index contributed by atoms with van der Waals surface area (Å²) in [5.74, 6) is -0.0603. The van der Waals surface area contributed by atoms with E-state index in [4.69, 9.17) is 0 Å². The van der Waals surface area contributed by atoms with Crippen LogP contribution in [-0.2, 0) is 5.54 Å². The summed E-state index contributed by atoms with van der Waals surface area (Å²) >= 11 is 0. The zero-order chi connectivity index (χ0) is 10.2. The first-order valence-electron chi connectivity index (χ1n) is 4.03. The molecule has 0 radical (unpaired) electrons. The molecule has 0 amide bonds. The molecule has 0 fully saturated rings. The van der Waals surface area contributed by atoms with Crippen LogP contribution in [0.4, 0.5) is 5.82 Å². The van der Waals surface area contributed by atoms with Gasteiger partial charge in [0, 0.05) is 5.54 Å². The summed E-state index contributed by atoms with van der Waals surface area (Å²) in [5, 5.41) is 10.5. The standard InChI is InChI=1S/C8H13N3O2/c1-6-7(11(12)13)9-5-10(6)8(2,3)4/h5H,1-4H3. The number of rotatable bonds is 1. The number of nitrogens with zero attached hydrogens (tertiary/aromatic N) is 3. The third-order valence-electron chi connectivity index (χ3n) is 1.88. The molecule has 0 saturated carbocycles. The van der Waals surface area contributed by atoms with Gasteiger partial charge in [0.2, 0.25) is 6.33 Å². The van der Waals surface area contributed by atoms with Gasteiger partial charge >= 0.3 is 5.82 Å². The van der Waals surface area contributed by atoms with Crippen LogP contribution < -0.4 is 0 Å². The molecular weight excluding hydrogens is 170 g/mol. The molecule has 5 heteroatoms. The van der Waals surface area contributed by atoms with Crippen LogP contribution in [-0.4, -0.2) is 14.5 Å². The van der Waals surface area contributed by atoms with E-state index in [1.165, 1.54) is 6.33 Å². The van der Waals surface area contributed by atoms with Crippen molar-refractivity contribution in [3.05, 3.63) is 22.1 Å². The monoisotopic (exact) mass is 183 g/mol. The molecule has 1 rings (SSSR count). The third kappa shape index (κ3) is 1.68. The Balaban J connectivity index is 3.22. The fourth-order valence-electron chi connectivity index (χ4n) is 1.26. The summed E-state index contributed by atoms with van der Waals surface area (Å²) in [6.07, 6.45) is 1.51. The zero-order valence-corrected chi connectivity index (χ0v) is 8.24. The van der Waals surface area contributed by atoms with Crippen LogP contribution in [0, 0.1) is 17.0 Å². The molecule has 1 aromatic heterocycles. The predicted molar refractivity (Wildman–Crippen MR) is 48.6 cm³/mol. The molecule has 0 aliphatic carbocycles. The Morgan fingerprint density at radius 2 is 2.08 bits per heavy atom. The Bertz CT molecular complexity index is 336. The van der Waals surface area contributed by atoms with E-state index in [0.717, 1.165) is 0 Å². The van der Waals surface area contributed by atoms with Crippen molar-refractivity contribution in [3.8, 4) is 0 Å². The highest BCUT2D eigenvalue weighted by Gasteiger charge is 2.24. The highest BCUT2D eigenvalue weighted by molar-refractivity contribution is 5.26. The molecule has 72 valence electrons. The lowest BCUT2D eigenvalue weighted by Crippen LogP contribution is -2.22. The van der Waals surface area contributed by atoms with Gasteiger partial charge in [-0.1, -0.05) is 0 Å². The Hall–Kier alpha value is -1.39. The quantitative estimate of drug-likeness (QED) is 0.493. The molecule has 13 heavy (non-hydrogen) atoms. The highest BCUT2D eigenvalue weighted by Crippen LogP contribution is 2.22. The number of aromatic nitrogens is 2. The molecule has 0 aliphatic rings. The van der Waals surface area contributed by atoms with Crippen molar-refractivity contribution in [2.45, 2.75) is 33.2 Å². The van der Waals surface area contributed by atoms with E-state index >= 15 is 0 Å². The Morgan fingerprint density at radius 1 is 1.54 bits per heavy atom. The Kier molecular flexibility index (Phi) is 2.11. The summed E-state index contributed by atoms with van der Waals surface area (Å²) < 4.78 is 1.80. The Morgan fingerprint density at radius 3 is 2.31 bits per heavy atom. The molecule has 0 saturated heterocycles. The largest absolute Gasteiger partial charge is 0.384 e.